The average molecular weight is 555 g/mol. The molecule has 5 aromatic carbocycles. The zero-order valence-electron chi connectivity index (χ0n) is 23.1. The molecule has 1 N–H and O–H groups in total. The van der Waals surface area contributed by atoms with Crippen molar-refractivity contribution < 1.29 is 13.9 Å². The minimum absolute atomic E-state index is 0.135. The molecule has 1 heterocycles. The molecule has 6 rings (SSSR count). The standard InChI is InChI=1S/C37H31FN2O2/c38-34-19-8-9-20-35(34)39-37(41)23-32(29-16-11-17-30(22-29)42-26-28-14-5-2-6-15-28)33-25-40(24-27-12-3-1-4-13-27)36-21-10-7-18-31(33)36/h1-22,25,32H,23-24,26H2,(H,39,41)/t32-/m1/s1. The number of aromatic nitrogens is 1. The largest absolute Gasteiger partial charge is 0.489 e. The Morgan fingerprint density at radius 1 is 0.762 bits per heavy atom. The first kappa shape index (κ1) is 27.0. The van der Waals surface area contributed by atoms with E-state index in [-0.39, 0.29) is 23.9 Å². The number of nitrogens with one attached hydrogen (secondary N) is 1. The van der Waals surface area contributed by atoms with Crippen LogP contribution in [0.25, 0.3) is 10.9 Å². The lowest BCUT2D eigenvalue weighted by molar-refractivity contribution is -0.116. The van der Waals surface area contributed by atoms with E-state index in [9.17, 15) is 9.18 Å². The maximum atomic E-state index is 14.4. The van der Waals surface area contributed by atoms with Crippen LogP contribution < -0.4 is 10.1 Å². The first-order valence-corrected chi connectivity index (χ1v) is 14.1. The van der Waals surface area contributed by atoms with E-state index < -0.39 is 5.82 Å². The molecular weight excluding hydrogens is 523 g/mol. The van der Waals surface area contributed by atoms with Crippen LogP contribution in [0.15, 0.2) is 140 Å². The molecule has 0 fully saturated rings. The van der Waals surface area contributed by atoms with E-state index in [1.807, 2.05) is 84.9 Å². The zero-order chi connectivity index (χ0) is 28.7. The molecule has 0 aliphatic heterocycles. The second-order valence-corrected chi connectivity index (χ2v) is 10.3. The third-order valence-corrected chi connectivity index (χ3v) is 7.44. The van der Waals surface area contributed by atoms with Gasteiger partial charge in [0.1, 0.15) is 18.2 Å². The lowest BCUT2D eigenvalue weighted by Gasteiger charge is -2.19. The monoisotopic (exact) mass is 554 g/mol. The minimum atomic E-state index is -0.460. The molecule has 0 aliphatic rings. The molecule has 4 nitrogen and oxygen atoms in total. The summed E-state index contributed by atoms with van der Waals surface area (Å²) in [6.07, 6.45) is 2.28. The molecule has 1 amide bonds. The van der Waals surface area contributed by atoms with Crippen LogP contribution in [-0.4, -0.2) is 10.5 Å². The van der Waals surface area contributed by atoms with Crippen molar-refractivity contribution in [3.8, 4) is 5.75 Å². The number of benzene rings is 5. The van der Waals surface area contributed by atoms with Crippen LogP contribution in [-0.2, 0) is 17.9 Å². The van der Waals surface area contributed by atoms with E-state index in [0.717, 1.165) is 33.3 Å². The Morgan fingerprint density at radius 3 is 2.24 bits per heavy atom. The van der Waals surface area contributed by atoms with Gasteiger partial charge in [-0.05, 0) is 52.6 Å². The Kier molecular flexibility index (Phi) is 8.09. The fraction of sp³-hybridized carbons (Fsp3) is 0.108. The number of amides is 1. The van der Waals surface area contributed by atoms with Gasteiger partial charge < -0.3 is 14.6 Å². The van der Waals surface area contributed by atoms with Gasteiger partial charge in [0, 0.05) is 36.0 Å². The van der Waals surface area contributed by atoms with Crippen LogP contribution >= 0.6 is 0 Å². The first-order chi connectivity index (χ1) is 20.6. The molecule has 0 bridgehead atoms. The Bertz CT molecular complexity index is 1800. The minimum Gasteiger partial charge on any atom is -0.489 e. The summed E-state index contributed by atoms with van der Waals surface area (Å²) < 4.78 is 22.8. The van der Waals surface area contributed by atoms with E-state index in [2.05, 4.69) is 40.3 Å². The fourth-order valence-corrected chi connectivity index (χ4v) is 5.38. The highest BCUT2D eigenvalue weighted by Gasteiger charge is 2.24. The maximum absolute atomic E-state index is 14.4. The van der Waals surface area contributed by atoms with E-state index in [4.69, 9.17) is 4.74 Å². The number of para-hydroxylation sites is 2. The molecule has 0 spiro atoms. The summed E-state index contributed by atoms with van der Waals surface area (Å²) in [6, 6.07) is 42.8. The van der Waals surface area contributed by atoms with Crippen LogP contribution in [0.1, 0.15) is 34.6 Å². The second-order valence-electron chi connectivity index (χ2n) is 10.3. The fourth-order valence-electron chi connectivity index (χ4n) is 5.38. The van der Waals surface area contributed by atoms with Crippen molar-refractivity contribution in [2.45, 2.75) is 25.5 Å². The summed E-state index contributed by atoms with van der Waals surface area (Å²) in [5.41, 5.74) is 5.51. The average Bonchev–Trinajstić information content (AvgIpc) is 3.39. The topological polar surface area (TPSA) is 43.3 Å². The van der Waals surface area contributed by atoms with Gasteiger partial charge in [0.2, 0.25) is 5.91 Å². The third kappa shape index (κ3) is 6.26. The van der Waals surface area contributed by atoms with Gasteiger partial charge >= 0.3 is 0 Å². The molecule has 1 aromatic heterocycles. The number of hydrogen-bond acceptors (Lipinski definition) is 2. The Balaban J connectivity index is 1.37. The maximum Gasteiger partial charge on any atom is 0.225 e. The SMILES string of the molecule is O=C(C[C@H](c1cccc(OCc2ccccc2)c1)c1cn(Cc2ccccc2)c2ccccc12)Nc1ccccc1F. The van der Waals surface area contributed by atoms with Gasteiger partial charge in [0.05, 0.1) is 5.69 Å². The van der Waals surface area contributed by atoms with E-state index in [1.165, 1.54) is 11.6 Å². The number of rotatable bonds is 10. The van der Waals surface area contributed by atoms with Crippen LogP contribution in [0.5, 0.6) is 5.75 Å². The third-order valence-electron chi connectivity index (χ3n) is 7.44. The van der Waals surface area contributed by atoms with Gasteiger partial charge in [-0.3, -0.25) is 4.79 Å². The number of carbonyl (C=O) groups excluding carboxylic acids is 1. The number of anilines is 1. The molecule has 1 atom stereocenters. The lowest BCUT2D eigenvalue weighted by atomic mass is 9.88. The summed E-state index contributed by atoms with van der Waals surface area (Å²) in [7, 11) is 0. The van der Waals surface area contributed by atoms with Crippen molar-refractivity contribution in [1.29, 1.82) is 0 Å². The summed E-state index contributed by atoms with van der Waals surface area (Å²) in [4.78, 5) is 13.4. The van der Waals surface area contributed by atoms with Gasteiger partial charge in [-0.1, -0.05) is 103 Å². The zero-order valence-corrected chi connectivity index (χ0v) is 23.1. The Morgan fingerprint density at radius 2 is 1.45 bits per heavy atom. The second kappa shape index (κ2) is 12.6. The molecule has 208 valence electrons. The van der Waals surface area contributed by atoms with Crippen molar-refractivity contribution in [3.63, 3.8) is 0 Å². The van der Waals surface area contributed by atoms with Gasteiger partial charge in [-0.15, -0.1) is 0 Å². The van der Waals surface area contributed by atoms with E-state index in [1.54, 1.807) is 18.2 Å². The number of carbonyl (C=O) groups is 1. The number of ether oxygens (including phenoxy) is 1. The first-order valence-electron chi connectivity index (χ1n) is 14.1. The molecule has 6 aromatic rings. The highest BCUT2D eigenvalue weighted by atomic mass is 19.1. The predicted octanol–water partition coefficient (Wildman–Crippen LogP) is 8.57. The number of fused-ring (bicyclic) bond motifs is 1. The molecule has 0 radical (unpaired) electrons. The molecule has 5 heteroatoms. The molecule has 0 saturated heterocycles. The van der Waals surface area contributed by atoms with Crippen molar-refractivity contribution >= 4 is 22.5 Å². The highest BCUT2D eigenvalue weighted by molar-refractivity contribution is 5.93. The normalized spacial score (nSPS) is 11.7. The molecular formula is C37H31FN2O2. The van der Waals surface area contributed by atoms with E-state index in [0.29, 0.717) is 13.2 Å². The molecule has 0 unspecified atom stereocenters. The van der Waals surface area contributed by atoms with Crippen LogP contribution in [0, 0.1) is 5.82 Å². The predicted molar refractivity (Wildman–Crippen MR) is 166 cm³/mol. The van der Waals surface area contributed by atoms with Crippen molar-refractivity contribution in [1.82, 2.24) is 4.57 Å². The quantitative estimate of drug-likeness (QED) is 0.184. The van der Waals surface area contributed by atoms with Gasteiger partial charge in [0.15, 0.2) is 0 Å². The smallest absolute Gasteiger partial charge is 0.225 e. The number of nitrogens with zero attached hydrogens (tertiary/aromatic N) is 1. The summed E-state index contributed by atoms with van der Waals surface area (Å²) >= 11 is 0. The Hall–Kier alpha value is -5.16. The van der Waals surface area contributed by atoms with E-state index >= 15 is 0 Å². The van der Waals surface area contributed by atoms with Gasteiger partial charge in [0.25, 0.3) is 0 Å². The summed E-state index contributed by atoms with van der Waals surface area (Å²) in [6.45, 7) is 1.15. The van der Waals surface area contributed by atoms with Gasteiger partial charge in [-0.2, -0.15) is 0 Å². The summed E-state index contributed by atoms with van der Waals surface area (Å²) in [5, 5.41) is 3.86. The summed E-state index contributed by atoms with van der Waals surface area (Å²) in [5.74, 6) is -0.290. The van der Waals surface area contributed by atoms with Crippen molar-refractivity contribution in [3.05, 3.63) is 168 Å². The van der Waals surface area contributed by atoms with Crippen LogP contribution in [0.2, 0.25) is 0 Å². The van der Waals surface area contributed by atoms with Crippen LogP contribution in [0.3, 0.4) is 0 Å². The lowest BCUT2D eigenvalue weighted by Crippen LogP contribution is -2.17. The van der Waals surface area contributed by atoms with Crippen molar-refractivity contribution in [2.75, 3.05) is 5.32 Å². The van der Waals surface area contributed by atoms with Crippen LogP contribution in [0.4, 0.5) is 10.1 Å². The highest BCUT2D eigenvalue weighted by Crippen LogP contribution is 2.37. The van der Waals surface area contributed by atoms with Gasteiger partial charge in [-0.25, -0.2) is 4.39 Å². The molecule has 0 aliphatic carbocycles. The van der Waals surface area contributed by atoms with Crippen molar-refractivity contribution in [2.24, 2.45) is 0 Å². The number of halogens is 1. The molecule has 0 saturated carbocycles. The number of hydrogen-bond donors (Lipinski definition) is 1. The Labute approximate surface area is 245 Å². The molecule has 42 heavy (non-hydrogen) atoms.